The summed E-state index contributed by atoms with van der Waals surface area (Å²) in [6.45, 7) is 2.58. The van der Waals surface area contributed by atoms with E-state index in [0.717, 1.165) is 36.7 Å². The standard InChI is InChI=1S/C17H21N5/c1-21(2)12-11-19-17-20-15-9-6-10-18-16(15)22(17)13-14-7-4-3-5-8-14/h3-10H,11-13H2,1-2H3,(H,19,20). The molecule has 0 saturated carbocycles. The predicted octanol–water partition coefficient (Wildman–Crippen LogP) is 2.45. The van der Waals surface area contributed by atoms with Gasteiger partial charge in [0.25, 0.3) is 0 Å². The Morgan fingerprint density at radius 2 is 1.91 bits per heavy atom. The summed E-state index contributed by atoms with van der Waals surface area (Å²) < 4.78 is 2.14. The van der Waals surface area contributed by atoms with Gasteiger partial charge in [-0.05, 0) is 31.8 Å². The van der Waals surface area contributed by atoms with E-state index >= 15 is 0 Å². The largest absolute Gasteiger partial charge is 0.354 e. The van der Waals surface area contributed by atoms with Gasteiger partial charge in [-0.15, -0.1) is 0 Å². The first-order valence-corrected chi connectivity index (χ1v) is 7.48. The molecule has 1 aromatic carbocycles. The molecule has 22 heavy (non-hydrogen) atoms. The first kappa shape index (κ1) is 14.5. The number of imidazole rings is 1. The molecule has 0 unspecified atom stereocenters. The molecule has 0 atom stereocenters. The quantitative estimate of drug-likeness (QED) is 0.759. The first-order valence-electron chi connectivity index (χ1n) is 7.48. The Labute approximate surface area is 130 Å². The molecule has 0 spiro atoms. The average Bonchev–Trinajstić information content (AvgIpc) is 2.86. The Kier molecular flexibility index (Phi) is 4.34. The molecule has 3 aromatic rings. The lowest BCUT2D eigenvalue weighted by molar-refractivity contribution is 0.424. The molecule has 1 N–H and O–H groups in total. The maximum atomic E-state index is 4.68. The second kappa shape index (κ2) is 6.58. The zero-order valence-electron chi connectivity index (χ0n) is 13.0. The van der Waals surface area contributed by atoms with E-state index in [1.807, 2.05) is 24.4 Å². The highest BCUT2D eigenvalue weighted by Gasteiger charge is 2.11. The van der Waals surface area contributed by atoms with Gasteiger partial charge in [-0.2, -0.15) is 0 Å². The molecule has 0 saturated heterocycles. The van der Waals surface area contributed by atoms with Crippen molar-refractivity contribution in [2.24, 2.45) is 0 Å². The fourth-order valence-electron chi connectivity index (χ4n) is 2.40. The number of anilines is 1. The van der Waals surface area contributed by atoms with Crippen LogP contribution in [0.5, 0.6) is 0 Å². The summed E-state index contributed by atoms with van der Waals surface area (Å²) in [5.74, 6) is 0.874. The van der Waals surface area contributed by atoms with Crippen LogP contribution < -0.4 is 5.32 Å². The van der Waals surface area contributed by atoms with Crippen molar-refractivity contribution in [2.45, 2.75) is 6.54 Å². The number of likely N-dealkylation sites (N-methyl/N-ethyl adjacent to an activating group) is 1. The number of rotatable bonds is 6. The summed E-state index contributed by atoms with van der Waals surface area (Å²) in [5, 5.41) is 3.42. The second-order valence-electron chi connectivity index (χ2n) is 5.58. The molecule has 3 rings (SSSR count). The second-order valence-corrected chi connectivity index (χ2v) is 5.58. The molecule has 0 aliphatic heterocycles. The van der Waals surface area contributed by atoms with Gasteiger partial charge in [-0.25, -0.2) is 9.97 Å². The van der Waals surface area contributed by atoms with Crippen molar-refractivity contribution < 1.29 is 0 Å². The van der Waals surface area contributed by atoms with Crippen LogP contribution in [0.4, 0.5) is 5.95 Å². The number of fused-ring (bicyclic) bond motifs is 1. The van der Waals surface area contributed by atoms with Gasteiger partial charge < -0.3 is 10.2 Å². The summed E-state index contributed by atoms with van der Waals surface area (Å²) in [5.41, 5.74) is 3.08. The van der Waals surface area contributed by atoms with Crippen LogP contribution in [-0.2, 0) is 6.54 Å². The molecular weight excluding hydrogens is 274 g/mol. The molecule has 0 aliphatic carbocycles. The Balaban J connectivity index is 1.91. The number of aromatic nitrogens is 3. The lowest BCUT2D eigenvalue weighted by Crippen LogP contribution is -2.22. The number of pyridine rings is 1. The number of hydrogen-bond donors (Lipinski definition) is 1. The van der Waals surface area contributed by atoms with Crippen molar-refractivity contribution in [1.82, 2.24) is 19.4 Å². The fraction of sp³-hybridized carbons (Fsp3) is 0.294. The maximum Gasteiger partial charge on any atom is 0.205 e. The molecular formula is C17H21N5. The first-order chi connectivity index (χ1) is 10.7. The Morgan fingerprint density at radius 1 is 1.09 bits per heavy atom. The summed E-state index contributed by atoms with van der Waals surface area (Å²) in [7, 11) is 4.13. The molecule has 2 aromatic heterocycles. The highest BCUT2D eigenvalue weighted by atomic mass is 15.2. The molecule has 0 amide bonds. The molecule has 5 nitrogen and oxygen atoms in total. The van der Waals surface area contributed by atoms with Gasteiger partial charge in [0.2, 0.25) is 5.95 Å². The van der Waals surface area contributed by atoms with Crippen LogP contribution in [0.25, 0.3) is 11.2 Å². The van der Waals surface area contributed by atoms with Crippen molar-refractivity contribution in [2.75, 3.05) is 32.5 Å². The minimum atomic E-state index is 0.763. The van der Waals surface area contributed by atoms with Crippen LogP contribution in [0.2, 0.25) is 0 Å². The lowest BCUT2D eigenvalue weighted by atomic mass is 10.2. The topological polar surface area (TPSA) is 46.0 Å². The Bertz CT molecular complexity index is 733. The zero-order chi connectivity index (χ0) is 15.4. The van der Waals surface area contributed by atoms with E-state index in [2.05, 4.69) is 63.1 Å². The van der Waals surface area contributed by atoms with E-state index in [1.54, 1.807) is 0 Å². The third kappa shape index (κ3) is 3.26. The highest BCUT2D eigenvalue weighted by molar-refractivity contribution is 5.74. The molecule has 114 valence electrons. The number of nitrogens with one attached hydrogen (secondary N) is 1. The Morgan fingerprint density at radius 3 is 2.68 bits per heavy atom. The summed E-state index contributed by atoms with van der Waals surface area (Å²) in [4.78, 5) is 11.3. The van der Waals surface area contributed by atoms with Gasteiger partial charge in [0.15, 0.2) is 5.65 Å². The smallest absolute Gasteiger partial charge is 0.205 e. The van der Waals surface area contributed by atoms with E-state index < -0.39 is 0 Å². The lowest BCUT2D eigenvalue weighted by Gasteiger charge is -2.13. The summed E-state index contributed by atoms with van der Waals surface area (Å²) >= 11 is 0. The predicted molar refractivity (Wildman–Crippen MR) is 90.1 cm³/mol. The van der Waals surface area contributed by atoms with E-state index in [4.69, 9.17) is 0 Å². The molecule has 0 aliphatic rings. The van der Waals surface area contributed by atoms with Crippen molar-refractivity contribution in [3.63, 3.8) is 0 Å². The van der Waals surface area contributed by atoms with Gasteiger partial charge >= 0.3 is 0 Å². The van der Waals surface area contributed by atoms with Gasteiger partial charge in [0.05, 0.1) is 6.54 Å². The van der Waals surface area contributed by atoms with Crippen LogP contribution in [0.1, 0.15) is 5.56 Å². The van der Waals surface area contributed by atoms with Crippen molar-refractivity contribution >= 4 is 17.1 Å². The van der Waals surface area contributed by atoms with Crippen LogP contribution in [-0.4, -0.2) is 46.6 Å². The van der Waals surface area contributed by atoms with Crippen LogP contribution in [0.3, 0.4) is 0 Å². The average molecular weight is 295 g/mol. The Hall–Kier alpha value is -2.40. The zero-order valence-corrected chi connectivity index (χ0v) is 13.0. The van der Waals surface area contributed by atoms with Gasteiger partial charge in [-0.3, -0.25) is 4.57 Å². The van der Waals surface area contributed by atoms with E-state index in [-0.39, 0.29) is 0 Å². The van der Waals surface area contributed by atoms with Crippen molar-refractivity contribution in [3.8, 4) is 0 Å². The van der Waals surface area contributed by atoms with Crippen molar-refractivity contribution in [3.05, 3.63) is 54.2 Å². The molecule has 0 radical (unpaired) electrons. The van der Waals surface area contributed by atoms with Crippen LogP contribution in [0.15, 0.2) is 48.7 Å². The molecule has 0 fully saturated rings. The van der Waals surface area contributed by atoms with Gasteiger partial charge in [-0.1, -0.05) is 30.3 Å². The van der Waals surface area contributed by atoms with Gasteiger partial charge in [0.1, 0.15) is 5.52 Å². The SMILES string of the molecule is CN(C)CCNc1nc2cccnc2n1Cc1ccccc1. The monoisotopic (exact) mass is 295 g/mol. The maximum absolute atomic E-state index is 4.68. The van der Waals surface area contributed by atoms with E-state index in [1.165, 1.54) is 5.56 Å². The number of nitrogens with zero attached hydrogens (tertiary/aromatic N) is 4. The normalized spacial score (nSPS) is 11.2. The summed E-state index contributed by atoms with van der Waals surface area (Å²) in [6.07, 6.45) is 1.81. The minimum Gasteiger partial charge on any atom is -0.354 e. The minimum absolute atomic E-state index is 0.763. The number of benzene rings is 1. The number of hydrogen-bond acceptors (Lipinski definition) is 4. The highest BCUT2D eigenvalue weighted by Crippen LogP contribution is 2.19. The van der Waals surface area contributed by atoms with E-state index in [9.17, 15) is 0 Å². The third-order valence-electron chi connectivity index (χ3n) is 3.53. The molecule has 0 bridgehead atoms. The molecule has 2 heterocycles. The van der Waals surface area contributed by atoms with Gasteiger partial charge in [0, 0.05) is 19.3 Å². The van der Waals surface area contributed by atoms with E-state index in [0.29, 0.717) is 0 Å². The van der Waals surface area contributed by atoms with Crippen molar-refractivity contribution in [1.29, 1.82) is 0 Å². The molecule has 5 heteroatoms. The van der Waals surface area contributed by atoms with Crippen LogP contribution in [0, 0.1) is 0 Å². The third-order valence-corrected chi connectivity index (χ3v) is 3.53. The summed E-state index contributed by atoms with van der Waals surface area (Å²) in [6, 6.07) is 14.3. The fourth-order valence-corrected chi connectivity index (χ4v) is 2.40. The van der Waals surface area contributed by atoms with Crippen LogP contribution >= 0.6 is 0 Å².